The standard InChI is InChI=1S/C17H20N4O4/c1-24-10-4-9-18-16(22)14-7-8-15(21-20-14)19-13-6-3-5-12(11-13)17(23)25-2/h3,5-8,11H,4,9-10H2,1-2H3,(H,18,22)(H,19,21). The minimum Gasteiger partial charge on any atom is -0.465 e. The maximum Gasteiger partial charge on any atom is 0.337 e. The smallest absolute Gasteiger partial charge is 0.337 e. The number of nitrogens with zero attached hydrogens (tertiary/aromatic N) is 2. The largest absolute Gasteiger partial charge is 0.465 e. The van der Waals surface area contributed by atoms with E-state index in [9.17, 15) is 9.59 Å². The van der Waals surface area contributed by atoms with Crippen molar-refractivity contribution in [2.75, 3.05) is 32.7 Å². The number of hydrogen-bond donors (Lipinski definition) is 2. The van der Waals surface area contributed by atoms with Crippen molar-refractivity contribution in [3.8, 4) is 0 Å². The Bertz CT molecular complexity index is 719. The minimum absolute atomic E-state index is 0.228. The van der Waals surface area contributed by atoms with Crippen LogP contribution in [0.1, 0.15) is 27.3 Å². The van der Waals surface area contributed by atoms with Crippen molar-refractivity contribution in [2.24, 2.45) is 0 Å². The van der Waals surface area contributed by atoms with Crippen LogP contribution in [0.15, 0.2) is 36.4 Å². The van der Waals surface area contributed by atoms with Crippen LogP contribution in [0.4, 0.5) is 11.5 Å². The van der Waals surface area contributed by atoms with Gasteiger partial charge in [-0.25, -0.2) is 4.79 Å². The highest BCUT2D eigenvalue weighted by Crippen LogP contribution is 2.16. The maximum absolute atomic E-state index is 11.9. The van der Waals surface area contributed by atoms with Crippen LogP contribution in [0.2, 0.25) is 0 Å². The molecule has 0 aliphatic rings. The van der Waals surface area contributed by atoms with Crippen LogP contribution < -0.4 is 10.6 Å². The summed E-state index contributed by atoms with van der Waals surface area (Å²) in [6.07, 6.45) is 0.728. The lowest BCUT2D eigenvalue weighted by molar-refractivity contribution is 0.0600. The van der Waals surface area contributed by atoms with E-state index in [1.165, 1.54) is 7.11 Å². The monoisotopic (exact) mass is 344 g/mol. The fraction of sp³-hybridized carbons (Fsp3) is 0.294. The number of methoxy groups -OCH3 is 2. The average Bonchev–Trinajstić information content (AvgIpc) is 2.65. The maximum atomic E-state index is 11.9. The van der Waals surface area contributed by atoms with Gasteiger partial charge in [0.05, 0.1) is 12.7 Å². The lowest BCUT2D eigenvalue weighted by atomic mass is 10.2. The van der Waals surface area contributed by atoms with Gasteiger partial charge in [-0.05, 0) is 36.8 Å². The molecule has 2 N–H and O–H groups in total. The summed E-state index contributed by atoms with van der Waals surface area (Å²) >= 11 is 0. The van der Waals surface area contributed by atoms with Crippen LogP contribution in [0.25, 0.3) is 0 Å². The molecule has 1 amide bonds. The number of hydrogen-bond acceptors (Lipinski definition) is 7. The Morgan fingerprint density at radius 1 is 1.12 bits per heavy atom. The number of nitrogens with one attached hydrogen (secondary N) is 2. The van der Waals surface area contributed by atoms with Gasteiger partial charge in [0.25, 0.3) is 5.91 Å². The zero-order chi connectivity index (χ0) is 18.1. The molecule has 0 bridgehead atoms. The fourth-order valence-electron chi connectivity index (χ4n) is 2.02. The SMILES string of the molecule is COCCCNC(=O)c1ccc(Nc2cccc(C(=O)OC)c2)nn1. The molecule has 0 saturated heterocycles. The lowest BCUT2D eigenvalue weighted by Gasteiger charge is -2.07. The van der Waals surface area contributed by atoms with E-state index in [1.807, 2.05) is 0 Å². The van der Waals surface area contributed by atoms with Crippen molar-refractivity contribution in [3.63, 3.8) is 0 Å². The Morgan fingerprint density at radius 2 is 1.96 bits per heavy atom. The van der Waals surface area contributed by atoms with Crippen molar-refractivity contribution < 1.29 is 19.1 Å². The van der Waals surface area contributed by atoms with E-state index < -0.39 is 5.97 Å². The molecule has 25 heavy (non-hydrogen) atoms. The molecule has 1 aromatic heterocycles. The van der Waals surface area contributed by atoms with Crippen LogP contribution in [-0.2, 0) is 9.47 Å². The summed E-state index contributed by atoms with van der Waals surface area (Å²) in [5, 5.41) is 13.6. The van der Waals surface area contributed by atoms with E-state index in [-0.39, 0.29) is 11.6 Å². The Kier molecular flexibility index (Phi) is 6.85. The number of carbonyl (C=O) groups is 2. The molecule has 8 nitrogen and oxygen atoms in total. The second kappa shape index (κ2) is 9.33. The van der Waals surface area contributed by atoms with Crippen LogP contribution in [0, 0.1) is 0 Å². The molecule has 2 aromatic rings. The Hall–Kier alpha value is -3.00. The second-order valence-corrected chi connectivity index (χ2v) is 5.10. The summed E-state index contributed by atoms with van der Waals surface area (Å²) in [7, 11) is 2.94. The van der Waals surface area contributed by atoms with Gasteiger partial charge in [-0.3, -0.25) is 4.79 Å². The molecular formula is C17H20N4O4. The van der Waals surface area contributed by atoms with Crippen LogP contribution in [-0.4, -0.2) is 49.4 Å². The molecule has 0 radical (unpaired) electrons. The quantitative estimate of drug-likeness (QED) is 0.556. The van der Waals surface area contributed by atoms with Gasteiger partial charge in [0, 0.05) is 25.9 Å². The molecule has 1 aromatic carbocycles. The fourth-order valence-corrected chi connectivity index (χ4v) is 2.02. The zero-order valence-corrected chi connectivity index (χ0v) is 14.1. The second-order valence-electron chi connectivity index (χ2n) is 5.10. The highest BCUT2D eigenvalue weighted by Gasteiger charge is 2.09. The summed E-state index contributed by atoms with van der Waals surface area (Å²) in [6.45, 7) is 1.09. The molecule has 0 fully saturated rings. The first-order valence-electron chi connectivity index (χ1n) is 7.70. The number of ether oxygens (including phenoxy) is 2. The molecule has 0 spiro atoms. The van der Waals surface area contributed by atoms with Crippen molar-refractivity contribution in [1.29, 1.82) is 0 Å². The molecular weight excluding hydrogens is 324 g/mol. The first kappa shape index (κ1) is 18.3. The molecule has 0 aliphatic carbocycles. The molecule has 1 heterocycles. The topological polar surface area (TPSA) is 102 Å². The summed E-state index contributed by atoms with van der Waals surface area (Å²) in [4.78, 5) is 23.4. The van der Waals surface area contributed by atoms with Crippen molar-refractivity contribution >= 4 is 23.4 Å². The van der Waals surface area contributed by atoms with Gasteiger partial charge in [0.15, 0.2) is 11.5 Å². The van der Waals surface area contributed by atoms with Crippen molar-refractivity contribution in [2.45, 2.75) is 6.42 Å². The first-order chi connectivity index (χ1) is 12.1. The van der Waals surface area contributed by atoms with Crippen LogP contribution in [0.5, 0.6) is 0 Å². The predicted octanol–water partition coefficient (Wildman–Crippen LogP) is 1.77. The molecule has 132 valence electrons. The van der Waals surface area contributed by atoms with E-state index in [1.54, 1.807) is 43.5 Å². The Morgan fingerprint density at radius 3 is 2.64 bits per heavy atom. The van der Waals surface area contributed by atoms with Gasteiger partial charge in [0.1, 0.15) is 0 Å². The van der Waals surface area contributed by atoms with Crippen molar-refractivity contribution in [1.82, 2.24) is 15.5 Å². The third-order valence-electron chi connectivity index (χ3n) is 3.26. The van der Waals surface area contributed by atoms with Gasteiger partial charge in [-0.1, -0.05) is 6.07 Å². The molecule has 8 heteroatoms. The highest BCUT2D eigenvalue weighted by molar-refractivity contribution is 5.92. The van der Waals surface area contributed by atoms with E-state index in [2.05, 4.69) is 25.6 Å². The minimum atomic E-state index is -0.421. The number of rotatable bonds is 8. The predicted molar refractivity (Wildman–Crippen MR) is 91.9 cm³/mol. The number of amides is 1. The molecule has 2 rings (SSSR count). The summed E-state index contributed by atoms with van der Waals surface area (Å²) < 4.78 is 9.60. The van der Waals surface area contributed by atoms with Gasteiger partial charge in [-0.15, -0.1) is 10.2 Å². The van der Waals surface area contributed by atoms with Gasteiger partial charge >= 0.3 is 5.97 Å². The van der Waals surface area contributed by atoms with Gasteiger partial charge in [-0.2, -0.15) is 0 Å². The molecule has 0 atom stereocenters. The third kappa shape index (κ3) is 5.54. The molecule has 0 aliphatic heterocycles. The molecule has 0 saturated carbocycles. The number of anilines is 2. The van der Waals surface area contributed by atoms with E-state index in [0.29, 0.717) is 30.2 Å². The van der Waals surface area contributed by atoms with Crippen LogP contribution >= 0.6 is 0 Å². The molecule has 0 unspecified atom stereocenters. The lowest BCUT2D eigenvalue weighted by Crippen LogP contribution is -2.26. The summed E-state index contributed by atoms with van der Waals surface area (Å²) in [6, 6.07) is 10.0. The van der Waals surface area contributed by atoms with Crippen molar-refractivity contribution in [3.05, 3.63) is 47.7 Å². The van der Waals surface area contributed by atoms with E-state index in [4.69, 9.17) is 4.74 Å². The van der Waals surface area contributed by atoms with Gasteiger partial charge < -0.3 is 20.1 Å². The summed E-state index contributed by atoms with van der Waals surface area (Å²) in [5.41, 5.74) is 1.31. The third-order valence-corrected chi connectivity index (χ3v) is 3.26. The number of benzene rings is 1. The zero-order valence-electron chi connectivity index (χ0n) is 14.1. The summed E-state index contributed by atoms with van der Waals surface area (Å²) in [5.74, 6) is -0.254. The highest BCUT2D eigenvalue weighted by atomic mass is 16.5. The first-order valence-corrected chi connectivity index (χ1v) is 7.70. The number of carbonyl (C=O) groups excluding carboxylic acids is 2. The van der Waals surface area contributed by atoms with Gasteiger partial charge in [0.2, 0.25) is 0 Å². The number of aromatic nitrogens is 2. The Labute approximate surface area is 145 Å². The number of esters is 1. The normalized spacial score (nSPS) is 10.2. The van der Waals surface area contributed by atoms with E-state index in [0.717, 1.165) is 6.42 Å². The Balaban J connectivity index is 1.96. The average molecular weight is 344 g/mol. The van der Waals surface area contributed by atoms with E-state index >= 15 is 0 Å². The van der Waals surface area contributed by atoms with Crippen LogP contribution in [0.3, 0.4) is 0 Å².